The van der Waals surface area contributed by atoms with Crippen molar-refractivity contribution in [1.29, 1.82) is 0 Å². The van der Waals surface area contributed by atoms with Crippen LogP contribution in [0.5, 0.6) is 5.75 Å². The van der Waals surface area contributed by atoms with Gasteiger partial charge in [-0.25, -0.2) is 0 Å². The second-order valence-corrected chi connectivity index (χ2v) is 4.76. The molecule has 0 bridgehead atoms. The van der Waals surface area contributed by atoms with E-state index < -0.39 is 0 Å². The molecule has 6 heteroatoms. The van der Waals surface area contributed by atoms with Crippen LogP contribution in [0.15, 0.2) is 23.6 Å². The average Bonchev–Trinajstić information content (AvgIpc) is 2.88. The third-order valence-corrected chi connectivity index (χ3v) is 3.12. The Labute approximate surface area is 115 Å². The van der Waals surface area contributed by atoms with E-state index >= 15 is 0 Å². The summed E-state index contributed by atoms with van der Waals surface area (Å²) in [7, 11) is 0. The SMILES string of the molecule is CCCOc1ccc(NCc2csnn2)cc1Cl. The van der Waals surface area contributed by atoms with E-state index in [1.807, 2.05) is 23.6 Å². The van der Waals surface area contributed by atoms with Gasteiger partial charge in [0.2, 0.25) is 0 Å². The molecule has 0 amide bonds. The first-order valence-corrected chi connectivity index (χ1v) is 6.93. The van der Waals surface area contributed by atoms with Crippen molar-refractivity contribution in [2.45, 2.75) is 19.9 Å². The van der Waals surface area contributed by atoms with Crippen molar-refractivity contribution in [3.05, 3.63) is 34.3 Å². The van der Waals surface area contributed by atoms with Crippen molar-refractivity contribution in [2.24, 2.45) is 0 Å². The number of nitrogens with one attached hydrogen (secondary N) is 1. The molecule has 0 saturated heterocycles. The van der Waals surface area contributed by atoms with E-state index in [9.17, 15) is 0 Å². The predicted molar refractivity (Wildman–Crippen MR) is 74.5 cm³/mol. The molecule has 0 saturated carbocycles. The highest BCUT2D eigenvalue weighted by molar-refractivity contribution is 7.03. The Morgan fingerprint density at radius 3 is 3.00 bits per heavy atom. The number of hydrogen-bond acceptors (Lipinski definition) is 5. The minimum Gasteiger partial charge on any atom is -0.492 e. The third-order valence-electron chi connectivity index (χ3n) is 2.27. The van der Waals surface area contributed by atoms with Crippen LogP contribution in [0.2, 0.25) is 5.02 Å². The molecule has 18 heavy (non-hydrogen) atoms. The maximum atomic E-state index is 6.13. The van der Waals surface area contributed by atoms with Crippen molar-refractivity contribution in [3.63, 3.8) is 0 Å². The normalized spacial score (nSPS) is 10.3. The number of halogens is 1. The lowest BCUT2D eigenvalue weighted by Gasteiger charge is -2.09. The van der Waals surface area contributed by atoms with Crippen LogP contribution in [-0.4, -0.2) is 16.2 Å². The highest BCUT2D eigenvalue weighted by atomic mass is 35.5. The van der Waals surface area contributed by atoms with Crippen LogP contribution in [0.3, 0.4) is 0 Å². The molecule has 0 fully saturated rings. The molecule has 1 aromatic heterocycles. The number of hydrogen-bond donors (Lipinski definition) is 1. The lowest BCUT2D eigenvalue weighted by Crippen LogP contribution is -2.00. The quantitative estimate of drug-likeness (QED) is 0.880. The van der Waals surface area contributed by atoms with Crippen molar-refractivity contribution >= 4 is 28.8 Å². The number of nitrogens with zero attached hydrogens (tertiary/aromatic N) is 2. The second-order valence-electron chi connectivity index (χ2n) is 3.74. The Bertz CT molecular complexity index is 490. The first-order chi connectivity index (χ1) is 8.79. The molecule has 1 N–H and O–H groups in total. The van der Waals surface area contributed by atoms with Gasteiger partial charge >= 0.3 is 0 Å². The molecule has 0 aliphatic heterocycles. The van der Waals surface area contributed by atoms with Gasteiger partial charge in [-0.1, -0.05) is 23.0 Å². The van der Waals surface area contributed by atoms with E-state index in [1.165, 1.54) is 11.5 Å². The van der Waals surface area contributed by atoms with Gasteiger partial charge in [0.05, 0.1) is 23.9 Å². The van der Waals surface area contributed by atoms with Crippen LogP contribution in [0.4, 0.5) is 5.69 Å². The summed E-state index contributed by atoms with van der Waals surface area (Å²) in [6, 6.07) is 5.67. The fourth-order valence-electron chi connectivity index (χ4n) is 1.39. The number of aromatic nitrogens is 2. The molecule has 0 radical (unpaired) electrons. The summed E-state index contributed by atoms with van der Waals surface area (Å²) in [4.78, 5) is 0. The summed E-state index contributed by atoms with van der Waals surface area (Å²) in [5, 5.41) is 9.72. The van der Waals surface area contributed by atoms with Gasteiger partial charge in [0.1, 0.15) is 5.75 Å². The second kappa shape index (κ2) is 6.56. The molecule has 0 spiro atoms. The smallest absolute Gasteiger partial charge is 0.138 e. The zero-order valence-corrected chi connectivity index (χ0v) is 11.6. The fourth-order valence-corrected chi connectivity index (χ4v) is 2.08. The molecule has 0 unspecified atom stereocenters. The van der Waals surface area contributed by atoms with Gasteiger partial charge in [-0.15, -0.1) is 5.10 Å². The molecular weight excluding hydrogens is 270 g/mol. The van der Waals surface area contributed by atoms with Crippen LogP contribution in [0.25, 0.3) is 0 Å². The van der Waals surface area contributed by atoms with Gasteiger partial charge in [0, 0.05) is 11.1 Å². The third kappa shape index (κ3) is 3.58. The summed E-state index contributed by atoms with van der Waals surface area (Å²) >= 11 is 7.48. The highest BCUT2D eigenvalue weighted by Crippen LogP contribution is 2.27. The van der Waals surface area contributed by atoms with Crippen LogP contribution < -0.4 is 10.1 Å². The molecule has 0 aliphatic carbocycles. The minimum atomic E-state index is 0.616. The number of anilines is 1. The van der Waals surface area contributed by atoms with Crippen LogP contribution >= 0.6 is 23.1 Å². The van der Waals surface area contributed by atoms with E-state index in [0.29, 0.717) is 18.2 Å². The molecular formula is C12H14ClN3OS. The van der Waals surface area contributed by atoms with Gasteiger partial charge in [0.15, 0.2) is 0 Å². The zero-order valence-electron chi connectivity index (χ0n) is 10.0. The van der Waals surface area contributed by atoms with Crippen molar-refractivity contribution in [1.82, 2.24) is 9.59 Å². The van der Waals surface area contributed by atoms with Gasteiger partial charge in [-0.3, -0.25) is 0 Å². The Hall–Kier alpha value is -1.33. The Morgan fingerprint density at radius 1 is 1.44 bits per heavy atom. The van der Waals surface area contributed by atoms with Crippen molar-refractivity contribution in [3.8, 4) is 5.75 Å². The lowest BCUT2D eigenvalue weighted by molar-refractivity contribution is 0.317. The number of ether oxygens (including phenoxy) is 1. The van der Waals surface area contributed by atoms with E-state index in [1.54, 1.807) is 0 Å². The Morgan fingerprint density at radius 2 is 2.33 bits per heavy atom. The predicted octanol–water partition coefficient (Wildman–Crippen LogP) is 3.59. The summed E-state index contributed by atoms with van der Waals surface area (Å²) in [6.07, 6.45) is 0.965. The van der Waals surface area contributed by atoms with Gasteiger partial charge in [0.25, 0.3) is 0 Å². The topological polar surface area (TPSA) is 47.0 Å². The van der Waals surface area contributed by atoms with Gasteiger partial charge in [-0.2, -0.15) is 0 Å². The van der Waals surface area contributed by atoms with Crippen molar-refractivity contribution in [2.75, 3.05) is 11.9 Å². The van der Waals surface area contributed by atoms with E-state index in [0.717, 1.165) is 23.6 Å². The highest BCUT2D eigenvalue weighted by Gasteiger charge is 2.03. The maximum absolute atomic E-state index is 6.13. The molecule has 4 nitrogen and oxygen atoms in total. The lowest BCUT2D eigenvalue weighted by atomic mass is 10.3. The first kappa shape index (κ1) is 13.1. The largest absolute Gasteiger partial charge is 0.492 e. The summed E-state index contributed by atoms with van der Waals surface area (Å²) in [5.74, 6) is 0.722. The maximum Gasteiger partial charge on any atom is 0.138 e. The monoisotopic (exact) mass is 283 g/mol. The summed E-state index contributed by atoms with van der Waals surface area (Å²) in [5.41, 5.74) is 1.86. The van der Waals surface area contributed by atoms with E-state index in [-0.39, 0.29) is 0 Å². The number of rotatable bonds is 6. The standard InChI is InChI=1S/C12H14ClN3OS/c1-2-5-17-12-4-3-9(6-11(12)13)14-7-10-8-18-16-15-10/h3-4,6,8,14H,2,5,7H2,1H3. The van der Waals surface area contributed by atoms with E-state index in [4.69, 9.17) is 16.3 Å². The molecule has 2 rings (SSSR count). The van der Waals surface area contributed by atoms with Crippen LogP contribution in [0, 0.1) is 0 Å². The molecule has 0 aliphatic rings. The molecule has 2 aromatic rings. The van der Waals surface area contributed by atoms with Gasteiger partial charge < -0.3 is 10.1 Å². The van der Waals surface area contributed by atoms with Crippen molar-refractivity contribution < 1.29 is 4.74 Å². The fraction of sp³-hybridized carbons (Fsp3) is 0.333. The Balaban J connectivity index is 1.95. The molecule has 1 heterocycles. The average molecular weight is 284 g/mol. The number of benzene rings is 1. The zero-order chi connectivity index (χ0) is 12.8. The van der Waals surface area contributed by atoms with Crippen LogP contribution in [0.1, 0.15) is 19.0 Å². The summed E-state index contributed by atoms with van der Waals surface area (Å²) < 4.78 is 9.32. The van der Waals surface area contributed by atoms with Gasteiger partial charge in [-0.05, 0) is 36.2 Å². The minimum absolute atomic E-state index is 0.616. The van der Waals surface area contributed by atoms with E-state index in [2.05, 4.69) is 21.8 Å². The molecule has 0 atom stereocenters. The first-order valence-electron chi connectivity index (χ1n) is 5.71. The molecule has 1 aromatic carbocycles. The summed E-state index contributed by atoms with van der Waals surface area (Å²) in [6.45, 7) is 3.38. The Kier molecular flexibility index (Phi) is 4.78. The molecule has 96 valence electrons. The van der Waals surface area contributed by atoms with Crippen LogP contribution in [-0.2, 0) is 6.54 Å².